The lowest BCUT2D eigenvalue weighted by atomic mass is 10.1. The molecule has 0 saturated heterocycles. The van der Waals surface area contributed by atoms with Gasteiger partial charge < -0.3 is 5.32 Å². The fourth-order valence-corrected chi connectivity index (χ4v) is 7.59. The van der Waals surface area contributed by atoms with Crippen molar-refractivity contribution in [2.75, 3.05) is 9.03 Å². The number of amides is 1. The van der Waals surface area contributed by atoms with Crippen LogP contribution in [-0.4, -0.2) is 22.7 Å². The van der Waals surface area contributed by atoms with E-state index in [1.165, 1.54) is 60.7 Å². The van der Waals surface area contributed by atoms with Gasteiger partial charge in [-0.3, -0.25) is 4.79 Å². The number of fused-ring (bicyclic) bond motifs is 1. The van der Waals surface area contributed by atoms with Crippen molar-refractivity contribution in [1.29, 1.82) is 0 Å². The normalized spacial score (nSPS) is 16.1. The van der Waals surface area contributed by atoms with E-state index in [1.807, 2.05) is 0 Å². The Morgan fingerprint density at radius 1 is 0.867 bits per heavy atom. The van der Waals surface area contributed by atoms with Gasteiger partial charge in [-0.15, -0.1) is 0 Å². The minimum absolute atomic E-state index is 0.110. The zero-order chi connectivity index (χ0) is 21.7. The third-order valence-corrected chi connectivity index (χ3v) is 8.95. The first-order valence-corrected chi connectivity index (χ1v) is 11.6. The second-order valence-electron chi connectivity index (χ2n) is 6.64. The highest BCUT2D eigenvalue weighted by molar-refractivity contribution is 8.12. The Morgan fingerprint density at radius 3 is 2.10 bits per heavy atom. The molecule has 30 heavy (non-hydrogen) atoms. The number of rotatable bonds is 3. The van der Waals surface area contributed by atoms with Crippen molar-refractivity contribution in [2.24, 2.45) is 0 Å². The number of carbonyl (C=O) groups is 1. The van der Waals surface area contributed by atoms with E-state index in [0.29, 0.717) is 9.27 Å². The molecular formula is C20H15FN2O5S2. The molecule has 154 valence electrons. The third-order valence-electron chi connectivity index (χ3n) is 4.53. The molecular weight excluding hydrogens is 431 g/mol. The molecule has 0 fully saturated rings. The second-order valence-corrected chi connectivity index (χ2v) is 10.4. The zero-order valence-corrected chi connectivity index (χ0v) is 17.2. The Hall–Kier alpha value is -3.24. The Labute approximate surface area is 172 Å². The van der Waals surface area contributed by atoms with E-state index in [-0.39, 0.29) is 26.7 Å². The summed E-state index contributed by atoms with van der Waals surface area (Å²) in [5.41, 5.74) is 0.391. The van der Waals surface area contributed by atoms with E-state index in [9.17, 15) is 26.0 Å². The number of nitrogens with zero attached hydrogens (tertiary/aromatic N) is 1. The molecule has 0 aliphatic carbocycles. The minimum Gasteiger partial charge on any atom is -0.322 e. The maximum absolute atomic E-state index is 14.1. The van der Waals surface area contributed by atoms with Crippen LogP contribution in [0.15, 0.2) is 76.5 Å². The number of hydrogen-bond donors (Lipinski definition) is 1. The SMILES string of the molecule is Cc1ccc(C(=O)Nc2cccc(N3S(=O)(=O)c4ccccc4S3(=O)=O)c2)c(F)c1. The van der Waals surface area contributed by atoms with Crippen LogP contribution >= 0.6 is 0 Å². The number of benzene rings is 3. The van der Waals surface area contributed by atoms with E-state index in [0.717, 1.165) is 0 Å². The van der Waals surface area contributed by atoms with Crippen molar-refractivity contribution in [3.63, 3.8) is 0 Å². The van der Waals surface area contributed by atoms with Gasteiger partial charge in [0.1, 0.15) is 15.6 Å². The first kappa shape index (κ1) is 20.0. The van der Waals surface area contributed by atoms with Crippen LogP contribution < -0.4 is 9.03 Å². The molecule has 0 aromatic heterocycles. The van der Waals surface area contributed by atoms with E-state index in [2.05, 4.69) is 5.32 Å². The minimum atomic E-state index is -4.34. The van der Waals surface area contributed by atoms with E-state index in [4.69, 9.17) is 0 Å². The van der Waals surface area contributed by atoms with Crippen LogP contribution in [0.5, 0.6) is 0 Å². The summed E-state index contributed by atoms with van der Waals surface area (Å²) in [6, 6.07) is 14.7. The lowest BCUT2D eigenvalue weighted by Gasteiger charge is -2.17. The number of hydrogen-bond acceptors (Lipinski definition) is 5. The molecule has 1 N–H and O–H groups in total. The molecule has 10 heteroatoms. The number of sulfonamides is 2. The number of halogens is 1. The lowest BCUT2D eigenvalue weighted by Crippen LogP contribution is -2.30. The van der Waals surface area contributed by atoms with Gasteiger partial charge in [-0.05, 0) is 55.0 Å². The number of nitrogens with one attached hydrogen (secondary N) is 1. The van der Waals surface area contributed by atoms with Gasteiger partial charge in [0.15, 0.2) is 0 Å². The van der Waals surface area contributed by atoms with Crippen molar-refractivity contribution in [3.8, 4) is 0 Å². The summed E-state index contributed by atoms with van der Waals surface area (Å²) < 4.78 is 65.7. The summed E-state index contributed by atoms with van der Waals surface area (Å²) >= 11 is 0. The highest BCUT2D eigenvalue weighted by atomic mass is 32.3. The highest BCUT2D eigenvalue weighted by Crippen LogP contribution is 2.40. The fourth-order valence-electron chi connectivity index (χ4n) is 3.16. The Morgan fingerprint density at radius 2 is 1.50 bits per heavy atom. The van der Waals surface area contributed by atoms with Gasteiger partial charge in [-0.1, -0.05) is 24.3 Å². The van der Waals surface area contributed by atoms with Gasteiger partial charge in [0.25, 0.3) is 26.0 Å². The van der Waals surface area contributed by atoms with Crippen LogP contribution in [0.1, 0.15) is 15.9 Å². The van der Waals surface area contributed by atoms with Gasteiger partial charge in [0.2, 0.25) is 0 Å². The molecule has 3 aromatic carbocycles. The monoisotopic (exact) mass is 446 g/mol. The largest absolute Gasteiger partial charge is 0.322 e. The lowest BCUT2D eigenvalue weighted by molar-refractivity contribution is 0.102. The van der Waals surface area contributed by atoms with E-state index in [1.54, 1.807) is 13.0 Å². The van der Waals surface area contributed by atoms with E-state index >= 15 is 0 Å². The van der Waals surface area contributed by atoms with Crippen LogP contribution in [0.4, 0.5) is 15.8 Å². The molecule has 4 rings (SSSR count). The molecule has 0 atom stereocenters. The summed E-state index contributed by atoms with van der Waals surface area (Å²) in [7, 11) is -8.69. The summed E-state index contributed by atoms with van der Waals surface area (Å²) in [4.78, 5) is 11.8. The first-order chi connectivity index (χ1) is 14.1. The molecule has 0 radical (unpaired) electrons. The standard InChI is InChI=1S/C20H15FN2O5S2/c1-13-9-10-16(17(21)11-13)20(24)22-14-5-4-6-15(12-14)23-29(25,26)18-7-2-3-8-19(18)30(23,27)28/h2-12H,1H3,(H,22,24). The fraction of sp³-hybridized carbons (Fsp3) is 0.0500. The predicted molar refractivity (Wildman–Crippen MR) is 109 cm³/mol. The van der Waals surface area contributed by atoms with Crippen molar-refractivity contribution < 1.29 is 26.0 Å². The van der Waals surface area contributed by atoms with Crippen LogP contribution in [0.2, 0.25) is 0 Å². The average molecular weight is 446 g/mol. The number of aryl methyl sites for hydroxylation is 1. The highest BCUT2D eigenvalue weighted by Gasteiger charge is 2.47. The van der Waals surface area contributed by atoms with Crippen LogP contribution in [0, 0.1) is 12.7 Å². The van der Waals surface area contributed by atoms with Crippen LogP contribution in [-0.2, 0) is 20.0 Å². The molecule has 1 aliphatic rings. The molecule has 0 saturated carbocycles. The summed E-state index contributed by atoms with van der Waals surface area (Å²) in [6.07, 6.45) is 0. The third kappa shape index (κ3) is 3.14. The van der Waals surface area contributed by atoms with Crippen molar-refractivity contribution in [2.45, 2.75) is 16.7 Å². The van der Waals surface area contributed by atoms with Crippen LogP contribution in [0.25, 0.3) is 0 Å². The van der Waals surface area contributed by atoms with Gasteiger partial charge in [-0.25, -0.2) is 4.39 Å². The van der Waals surface area contributed by atoms with Crippen LogP contribution in [0.3, 0.4) is 0 Å². The maximum Gasteiger partial charge on any atom is 0.279 e. The quantitative estimate of drug-likeness (QED) is 0.665. The molecule has 3 aromatic rings. The summed E-state index contributed by atoms with van der Waals surface area (Å²) in [6.45, 7) is 1.68. The molecule has 1 amide bonds. The predicted octanol–water partition coefficient (Wildman–Crippen LogP) is 3.28. The smallest absolute Gasteiger partial charge is 0.279 e. The molecule has 1 aliphatic heterocycles. The van der Waals surface area contributed by atoms with Gasteiger partial charge in [-0.2, -0.15) is 20.5 Å². The summed E-state index contributed by atoms with van der Waals surface area (Å²) in [5.74, 6) is -1.45. The Balaban J connectivity index is 1.72. The zero-order valence-electron chi connectivity index (χ0n) is 15.5. The second kappa shape index (κ2) is 6.92. The molecule has 0 bridgehead atoms. The average Bonchev–Trinajstić information content (AvgIpc) is 2.84. The topological polar surface area (TPSA) is 101 Å². The van der Waals surface area contributed by atoms with Gasteiger partial charge in [0.05, 0.1) is 11.3 Å². The maximum atomic E-state index is 14.1. The molecule has 7 nitrogen and oxygen atoms in total. The molecule has 0 unspecified atom stereocenters. The van der Waals surface area contributed by atoms with Crippen molar-refractivity contribution in [3.05, 3.63) is 83.7 Å². The summed E-state index contributed by atoms with van der Waals surface area (Å²) in [5, 5.41) is 2.46. The van der Waals surface area contributed by atoms with Gasteiger partial charge >= 0.3 is 0 Å². The first-order valence-electron chi connectivity index (χ1n) is 8.69. The van der Waals surface area contributed by atoms with Crippen molar-refractivity contribution >= 4 is 37.3 Å². The number of anilines is 2. The van der Waals surface area contributed by atoms with Crippen molar-refractivity contribution in [1.82, 2.24) is 0 Å². The Kier molecular flexibility index (Phi) is 4.63. The molecule has 1 heterocycles. The number of carbonyl (C=O) groups excluding carboxylic acids is 1. The Bertz CT molecular complexity index is 1350. The molecule has 0 spiro atoms. The van der Waals surface area contributed by atoms with E-state index < -0.39 is 31.8 Å². The van der Waals surface area contributed by atoms with Gasteiger partial charge in [0, 0.05) is 5.69 Å².